The third kappa shape index (κ3) is 5.79. The zero-order valence-electron chi connectivity index (χ0n) is 10.5. The van der Waals surface area contributed by atoms with Crippen LogP contribution in [0.2, 0.25) is 0 Å². The second-order valence-corrected chi connectivity index (χ2v) is 4.28. The number of hydrogen-bond acceptors (Lipinski definition) is 3. The number of rotatable bonds is 9. The van der Waals surface area contributed by atoms with Gasteiger partial charge in [0.2, 0.25) is 0 Å². The van der Waals surface area contributed by atoms with Crippen LogP contribution in [0.15, 0.2) is 0 Å². The fourth-order valence-electron chi connectivity index (χ4n) is 1.79. The van der Waals surface area contributed by atoms with Crippen molar-refractivity contribution in [3.8, 4) is 0 Å². The van der Waals surface area contributed by atoms with E-state index in [1.807, 2.05) is 0 Å². The van der Waals surface area contributed by atoms with Gasteiger partial charge in [0, 0.05) is 6.42 Å². The highest BCUT2D eigenvalue weighted by Crippen LogP contribution is 2.11. The average molecular weight is 226 g/mol. The molecule has 0 rings (SSSR count). The monoisotopic (exact) mass is 226 g/mol. The number of hydrogen-bond donors (Lipinski definition) is 0. The minimum absolute atomic E-state index is 0.212. The van der Waals surface area contributed by atoms with Crippen LogP contribution in [0, 0.1) is 5.92 Å². The lowest BCUT2D eigenvalue weighted by molar-refractivity contribution is -0.138. The van der Waals surface area contributed by atoms with Crippen LogP contribution in [0.25, 0.3) is 0 Å². The molecule has 0 atom stereocenters. The summed E-state index contributed by atoms with van der Waals surface area (Å²) in [6.45, 7) is 4.74. The molecule has 0 fully saturated rings. The number of carbonyl (C=O) groups is 3. The van der Waals surface area contributed by atoms with Crippen molar-refractivity contribution in [1.82, 2.24) is 0 Å². The zero-order valence-corrected chi connectivity index (χ0v) is 10.5. The van der Waals surface area contributed by atoms with Crippen LogP contribution in [0.3, 0.4) is 0 Å². The molecule has 0 bridgehead atoms. The Morgan fingerprint density at radius 3 is 1.81 bits per heavy atom. The molecule has 0 radical (unpaired) electrons. The molecule has 0 saturated heterocycles. The van der Waals surface area contributed by atoms with Gasteiger partial charge in [-0.3, -0.25) is 14.4 Å². The Kier molecular flexibility index (Phi) is 7.69. The third-order valence-corrected chi connectivity index (χ3v) is 2.66. The molecule has 0 aromatic rings. The minimum atomic E-state index is -1.01. The summed E-state index contributed by atoms with van der Waals surface area (Å²) in [5, 5.41) is 0. The Morgan fingerprint density at radius 2 is 1.38 bits per heavy atom. The normalized spacial score (nSPS) is 10.5. The van der Waals surface area contributed by atoms with Crippen LogP contribution in [-0.2, 0) is 14.4 Å². The fraction of sp³-hybridized carbons (Fsp3) is 0.769. The van der Waals surface area contributed by atoms with Gasteiger partial charge in [0.05, 0.1) is 0 Å². The van der Waals surface area contributed by atoms with Crippen molar-refractivity contribution < 1.29 is 14.4 Å². The summed E-state index contributed by atoms with van der Waals surface area (Å²) in [6.07, 6.45) is 5.61. The highest BCUT2D eigenvalue weighted by Gasteiger charge is 2.26. The van der Waals surface area contributed by atoms with Crippen molar-refractivity contribution in [3.63, 3.8) is 0 Å². The molecule has 3 heteroatoms. The molecule has 0 aliphatic rings. The van der Waals surface area contributed by atoms with Crippen LogP contribution in [-0.4, -0.2) is 17.3 Å². The van der Waals surface area contributed by atoms with Gasteiger partial charge in [0.25, 0.3) is 0 Å². The largest absolute Gasteiger partial charge is 0.299 e. The van der Waals surface area contributed by atoms with Crippen molar-refractivity contribution in [2.45, 2.75) is 59.3 Å². The maximum absolute atomic E-state index is 11.6. The predicted octanol–water partition coefficient (Wildman–Crippen LogP) is 2.71. The standard InChI is InChI=1S/C13H22O3/c1-4-5-6-7-8-9-12(16)13(10(2)14)11(3)15/h13H,4-9H2,1-3H3. The van der Waals surface area contributed by atoms with Crippen LogP contribution < -0.4 is 0 Å². The Labute approximate surface area is 97.6 Å². The van der Waals surface area contributed by atoms with Crippen LogP contribution >= 0.6 is 0 Å². The van der Waals surface area contributed by atoms with Gasteiger partial charge >= 0.3 is 0 Å². The van der Waals surface area contributed by atoms with Gasteiger partial charge < -0.3 is 0 Å². The topological polar surface area (TPSA) is 51.2 Å². The fourth-order valence-corrected chi connectivity index (χ4v) is 1.79. The van der Waals surface area contributed by atoms with E-state index in [0.717, 1.165) is 25.7 Å². The Bertz CT molecular complexity index is 242. The van der Waals surface area contributed by atoms with E-state index in [0.29, 0.717) is 6.42 Å². The maximum Gasteiger partial charge on any atom is 0.150 e. The van der Waals surface area contributed by atoms with Gasteiger partial charge in [-0.05, 0) is 20.3 Å². The van der Waals surface area contributed by atoms with Crippen molar-refractivity contribution >= 4 is 17.3 Å². The summed E-state index contributed by atoms with van der Waals surface area (Å²) in [4.78, 5) is 33.9. The number of Topliss-reactive ketones (excluding diaryl/α,β-unsaturated/α-hetero) is 3. The molecule has 0 unspecified atom stereocenters. The lowest BCUT2D eigenvalue weighted by Crippen LogP contribution is -2.28. The summed E-state index contributed by atoms with van der Waals surface area (Å²) in [6, 6.07) is 0. The minimum Gasteiger partial charge on any atom is -0.299 e. The lowest BCUT2D eigenvalue weighted by Gasteiger charge is -2.08. The Morgan fingerprint density at radius 1 is 0.875 bits per heavy atom. The SMILES string of the molecule is CCCCCCCC(=O)C(C(C)=O)C(C)=O. The van der Waals surface area contributed by atoms with Gasteiger partial charge in [0.15, 0.2) is 5.78 Å². The van der Waals surface area contributed by atoms with Crippen LogP contribution in [0.4, 0.5) is 0 Å². The summed E-state index contributed by atoms with van der Waals surface area (Å²) in [7, 11) is 0. The van der Waals surface area contributed by atoms with Gasteiger partial charge in [-0.2, -0.15) is 0 Å². The number of ketones is 3. The summed E-state index contributed by atoms with van der Waals surface area (Å²) in [5.74, 6) is -1.88. The van der Waals surface area contributed by atoms with Crippen LogP contribution in [0.5, 0.6) is 0 Å². The van der Waals surface area contributed by atoms with E-state index in [1.54, 1.807) is 0 Å². The Balaban J connectivity index is 3.94. The number of carbonyl (C=O) groups excluding carboxylic acids is 3. The van der Waals surface area contributed by atoms with Crippen molar-refractivity contribution in [3.05, 3.63) is 0 Å². The molecular formula is C13H22O3. The zero-order chi connectivity index (χ0) is 12.6. The first-order chi connectivity index (χ1) is 7.50. The molecule has 0 heterocycles. The van der Waals surface area contributed by atoms with E-state index in [1.165, 1.54) is 20.3 Å². The van der Waals surface area contributed by atoms with E-state index in [2.05, 4.69) is 6.92 Å². The smallest absolute Gasteiger partial charge is 0.150 e. The maximum atomic E-state index is 11.6. The Hall–Kier alpha value is -0.990. The highest BCUT2D eigenvalue weighted by molar-refractivity contribution is 6.18. The molecule has 0 saturated carbocycles. The average Bonchev–Trinajstić information content (AvgIpc) is 2.16. The lowest BCUT2D eigenvalue weighted by atomic mass is 9.92. The first kappa shape index (κ1) is 15.0. The summed E-state index contributed by atoms with van der Waals surface area (Å²) >= 11 is 0. The van der Waals surface area contributed by atoms with Crippen LogP contribution in [0.1, 0.15) is 59.3 Å². The molecule has 0 amide bonds. The first-order valence-corrected chi connectivity index (χ1v) is 6.04. The van der Waals surface area contributed by atoms with Crippen molar-refractivity contribution in [1.29, 1.82) is 0 Å². The van der Waals surface area contributed by atoms with E-state index in [-0.39, 0.29) is 17.3 Å². The molecule has 3 nitrogen and oxygen atoms in total. The second kappa shape index (κ2) is 8.20. The molecule has 0 aromatic heterocycles. The van der Waals surface area contributed by atoms with E-state index in [9.17, 15) is 14.4 Å². The van der Waals surface area contributed by atoms with Gasteiger partial charge in [0.1, 0.15) is 17.5 Å². The molecule has 0 aromatic carbocycles. The molecule has 0 N–H and O–H groups in total. The molecule has 0 aliphatic carbocycles. The molecule has 0 aliphatic heterocycles. The van der Waals surface area contributed by atoms with Crippen molar-refractivity contribution in [2.24, 2.45) is 5.92 Å². The van der Waals surface area contributed by atoms with Crippen molar-refractivity contribution in [2.75, 3.05) is 0 Å². The van der Waals surface area contributed by atoms with Gasteiger partial charge in [-0.1, -0.05) is 32.6 Å². The molecule has 0 spiro atoms. The second-order valence-electron chi connectivity index (χ2n) is 4.28. The molecule has 16 heavy (non-hydrogen) atoms. The molecular weight excluding hydrogens is 204 g/mol. The quantitative estimate of drug-likeness (QED) is 0.448. The van der Waals surface area contributed by atoms with E-state index >= 15 is 0 Å². The first-order valence-electron chi connectivity index (χ1n) is 6.04. The van der Waals surface area contributed by atoms with E-state index in [4.69, 9.17) is 0 Å². The summed E-state index contributed by atoms with van der Waals surface area (Å²) < 4.78 is 0. The van der Waals surface area contributed by atoms with E-state index < -0.39 is 5.92 Å². The predicted molar refractivity (Wildman–Crippen MR) is 63.2 cm³/mol. The molecule has 92 valence electrons. The number of unbranched alkanes of at least 4 members (excludes halogenated alkanes) is 4. The van der Waals surface area contributed by atoms with Gasteiger partial charge in [-0.15, -0.1) is 0 Å². The highest BCUT2D eigenvalue weighted by atomic mass is 16.2. The summed E-state index contributed by atoms with van der Waals surface area (Å²) in [5.41, 5.74) is 0. The van der Waals surface area contributed by atoms with Gasteiger partial charge in [-0.25, -0.2) is 0 Å². The third-order valence-electron chi connectivity index (χ3n) is 2.66.